The normalized spacial score (nSPS) is 11.0. The van der Waals surface area contributed by atoms with Gasteiger partial charge < -0.3 is 14.3 Å². The van der Waals surface area contributed by atoms with Gasteiger partial charge >= 0.3 is 0 Å². The lowest BCUT2D eigenvalue weighted by atomic mass is 10.1. The summed E-state index contributed by atoms with van der Waals surface area (Å²) in [4.78, 5) is 25.1. The molecule has 0 aliphatic carbocycles. The summed E-state index contributed by atoms with van der Waals surface area (Å²) in [5, 5.41) is 3.75. The number of fused-ring (bicyclic) bond motifs is 1. The number of nitrogens with zero attached hydrogens (tertiary/aromatic N) is 1. The summed E-state index contributed by atoms with van der Waals surface area (Å²) in [6.45, 7) is 4.41. The summed E-state index contributed by atoms with van der Waals surface area (Å²) in [7, 11) is 0. The van der Waals surface area contributed by atoms with E-state index in [4.69, 9.17) is 16.0 Å². The highest BCUT2D eigenvalue weighted by molar-refractivity contribution is 6.30. The van der Waals surface area contributed by atoms with E-state index in [0.717, 1.165) is 5.56 Å². The van der Waals surface area contributed by atoms with Crippen LogP contribution >= 0.6 is 11.6 Å². The van der Waals surface area contributed by atoms with Crippen LogP contribution in [0.3, 0.4) is 0 Å². The van der Waals surface area contributed by atoms with E-state index in [2.05, 4.69) is 5.32 Å². The van der Waals surface area contributed by atoms with Gasteiger partial charge in [-0.1, -0.05) is 23.7 Å². The summed E-state index contributed by atoms with van der Waals surface area (Å²) in [6.07, 6.45) is 1.67. The Balaban J connectivity index is 1.95. The van der Waals surface area contributed by atoms with Gasteiger partial charge in [0, 0.05) is 24.3 Å². The Morgan fingerprint density at radius 1 is 1.33 bits per heavy atom. The topological polar surface area (TPSA) is 64.2 Å². The molecule has 0 unspecified atom stereocenters. The van der Waals surface area contributed by atoms with E-state index in [1.165, 1.54) is 0 Å². The Bertz CT molecular complexity index is 972. The highest BCUT2D eigenvalue weighted by Crippen LogP contribution is 2.22. The molecule has 1 amide bonds. The molecule has 0 saturated heterocycles. The van der Waals surface area contributed by atoms with Crippen LogP contribution in [0.1, 0.15) is 28.6 Å². The van der Waals surface area contributed by atoms with Crippen molar-refractivity contribution in [1.29, 1.82) is 0 Å². The number of furan rings is 1. The van der Waals surface area contributed by atoms with Gasteiger partial charge in [0.2, 0.25) is 0 Å². The predicted molar refractivity (Wildman–Crippen MR) is 93.5 cm³/mol. The Labute approximate surface area is 143 Å². The second kappa shape index (κ2) is 6.53. The molecule has 24 heavy (non-hydrogen) atoms. The molecule has 0 aliphatic heterocycles. The molecule has 1 N–H and O–H groups in total. The second-order valence-electron chi connectivity index (χ2n) is 5.49. The van der Waals surface area contributed by atoms with Crippen LogP contribution in [0, 0.1) is 6.92 Å². The number of carbonyl (C=O) groups is 1. The second-order valence-corrected chi connectivity index (χ2v) is 5.93. The highest BCUT2D eigenvalue weighted by Gasteiger charge is 2.21. The minimum Gasteiger partial charge on any atom is -0.460 e. The number of hydrogen-bond acceptors (Lipinski definition) is 3. The zero-order chi connectivity index (χ0) is 17.3. The number of halogens is 1. The maximum atomic E-state index is 12.6. The Morgan fingerprint density at radius 3 is 2.83 bits per heavy atom. The fourth-order valence-corrected chi connectivity index (χ4v) is 2.92. The van der Waals surface area contributed by atoms with Gasteiger partial charge in [-0.2, -0.15) is 0 Å². The van der Waals surface area contributed by atoms with Gasteiger partial charge in [-0.15, -0.1) is 0 Å². The fraction of sp³-hybridized carbons (Fsp3) is 0.222. The predicted octanol–water partition coefficient (Wildman–Crippen LogP) is 3.51. The largest absolute Gasteiger partial charge is 0.460 e. The Kier molecular flexibility index (Phi) is 4.44. The van der Waals surface area contributed by atoms with Gasteiger partial charge in [0.15, 0.2) is 0 Å². The van der Waals surface area contributed by atoms with Crippen molar-refractivity contribution in [3.63, 3.8) is 0 Å². The standard InChI is InChI=1S/C18H17ClN2O3/c1-3-21-8-7-14-16(18(21)23)15(11(2)24-14)17(22)20-10-12-5-4-6-13(19)9-12/h4-9H,3,10H2,1-2H3,(H,20,22). The van der Waals surface area contributed by atoms with Crippen LogP contribution < -0.4 is 10.9 Å². The first-order chi connectivity index (χ1) is 11.5. The molecule has 0 radical (unpaired) electrons. The molecule has 124 valence electrons. The number of nitrogens with one attached hydrogen (secondary N) is 1. The lowest BCUT2D eigenvalue weighted by molar-refractivity contribution is 0.0950. The van der Waals surface area contributed by atoms with Crippen molar-refractivity contribution in [3.8, 4) is 0 Å². The third-order valence-corrected chi connectivity index (χ3v) is 4.14. The molecular weight excluding hydrogens is 328 g/mol. The van der Waals surface area contributed by atoms with Crippen molar-refractivity contribution < 1.29 is 9.21 Å². The molecule has 0 saturated carbocycles. The fourth-order valence-electron chi connectivity index (χ4n) is 2.70. The average molecular weight is 345 g/mol. The first-order valence-electron chi connectivity index (χ1n) is 7.66. The molecule has 6 heteroatoms. The molecule has 0 spiro atoms. The molecule has 3 rings (SSSR count). The van der Waals surface area contributed by atoms with Crippen LogP contribution in [-0.2, 0) is 13.1 Å². The van der Waals surface area contributed by atoms with Crippen molar-refractivity contribution in [2.45, 2.75) is 26.9 Å². The van der Waals surface area contributed by atoms with E-state index in [9.17, 15) is 9.59 Å². The molecule has 5 nitrogen and oxygen atoms in total. The number of rotatable bonds is 4. The summed E-state index contributed by atoms with van der Waals surface area (Å²) < 4.78 is 7.12. The van der Waals surface area contributed by atoms with E-state index in [0.29, 0.717) is 40.4 Å². The molecule has 2 heterocycles. The molecular formula is C18H17ClN2O3. The van der Waals surface area contributed by atoms with Crippen molar-refractivity contribution in [1.82, 2.24) is 9.88 Å². The number of pyridine rings is 1. The minimum absolute atomic E-state index is 0.222. The van der Waals surface area contributed by atoms with Crippen LogP contribution in [0.25, 0.3) is 11.0 Å². The minimum atomic E-state index is -0.336. The van der Waals surface area contributed by atoms with Gasteiger partial charge in [-0.3, -0.25) is 9.59 Å². The van der Waals surface area contributed by atoms with Crippen molar-refractivity contribution in [2.24, 2.45) is 0 Å². The summed E-state index contributed by atoms with van der Waals surface area (Å²) >= 11 is 5.95. The lowest BCUT2D eigenvalue weighted by Gasteiger charge is -2.06. The van der Waals surface area contributed by atoms with E-state index in [1.54, 1.807) is 35.9 Å². The van der Waals surface area contributed by atoms with Crippen molar-refractivity contribution >= 4 is 28.5 Å². The van der Waals surface area contributed by atoms with Gasteiger partial charge in [-0.05, 0) is 37.6 Å². The summed E-state index contributed by atoms with van der Waals surface area (Å²) in [6, 6.07) is 8.96. The first kappa shape index (κ1) is 16.3. The number of benzene rings is 1. The van der Waals surface area contributed by atoms with E-state index < -0.39 is 0 Å². The summed E-state index contributed by atoms with van der Waals surface area (Å²) in [5.41, 5.74) is 1.38. The average Bonchev–Trinajstić information content (AvgIpc) is 2.90. The molecule has 0 atom stereocenters. The zero-order valence-corrected chi connectivity index (χ0v) is 14.2. The van der Waals surface area contributed by atoms with Gasteiger partial charge in [0.05, 0.1) is 10.9 Å². The van der Waals surface area contributed by atoms with Crippen LogP contribution in [0.5, 0.6) is 0 Å². The van der Waals surface area contributed by atoms with Crippen molar-refractivity contribution in [3.05, 3.63) is 68.8 Å². The van der Waals surface area contributed by atoms with Gasteiger partial charge in [0.25, 0.3) is 11.5 Å². The van der Waals surface area contributed by atoms with Gasteiger partial charge in [0.1, 0.15) is 11.3 Å². The maximum Gasteiger partial charge on any atom is 0.262 e. The summed E-state index contributed by atoms with van der Waals surface area (Å²) in [5.74, 6) is 0.0942. The van der Waals surface area contributed by atoms with E-state index >= 15 is 0 Å². The number of carbonyl (C=O) groups excluding carboxylic acids is 1. The van der Waals surface area contributed by atoms with Crippen LogP contribution in [0.4, 0.5) is 0 Å². The van der Waals surface area contributed by atoms with E-state index in [1.807, 2.05) is 19.1 Å². The molecule has 2 aromatic heterocycles. The molecule has 0 aliphatic rings. The monoisotopic (exact) mass is 344 g/mol. The maximum absolute atomic E-state index is 12.6. The zero-order valence-electron chi connectivity index (χ0n) is 13.4. The lowest BCUT2D eigenvalue weighted by Crippen LogP contribution is -2.26. The highest BCUT2D eigenvalue weighted by atomic mass is 35.5. The quantitative estimate of drug-likeness (QED) is 0.787. The SMILES string of the molecule is CCn1ccc2oc(C)c(C(=O)NCc3cccc(Cl)c3)c2c1=O. The third kappa shape index (κ3) is 2.95. The molecule has 1 aromatic carbocycles. The number of aromatic nitrogens is 1. The smallest absolute Gasteiger partial charge is 0.262 e. The number of hydrogen-bond donors (Lipinski definition) is 1. The van der Waals surface area contributed by atoms with E-state index in [-0.39, 0.29) is 11.5 Å². The van der Waals surface area contributed by atoms with Crippen LogP contribution in [0.2, 0.25) is 5.02 Å². The molecule has 0 fully saturated rings. The number of amides is 1. The molecule has 3 aromatic rings. The van der Waals surface area contributed by atoms with Crippen LogP contribution in [0.15, 0.2) is 45.7 Å². The first-order valence-corrected chi connectivity index (χ1v) is 8.04. The van der Waals surface area contributed by atoms with Crippen LogP contribution in [-0.4, -0.2) is 10.5 Å². The van der Waals surface area contributed by atoms with Gasteiger partial charge in [-0.25, -0.2) is 0 Å². The van der Waals surface area contributed by atoms with Crippen molar-refractivity contribution in [2.75, 3.05) is 0 Å². The third-order valence-electron chi connectivity index (χ3n) is 3.90. The Hall–Kier alpha value is -2.53. The Morgan fingerprint density at radius 2 is 2.12 bits per heavy atom. The number of aryl methyl sites for hydroxylation is 2. The molecule has 0 bridgehead atoms.